The first-order valence-electron chi connectivity index (χ1n) is 6.10. The maximum atomic E-state index is 5.75. The molecule has 0 bridgehead atoms. The van der Waals surface area contributed by atoms with E-state index in [0.717, 1.165) is 19.6 Å². The van der Waals surface area contributed by atoms with Crippen molar-refractivity contribution in [2.24, 2.45) is 18.7 Å². The lowest BCUT2D eigenvalue weighted by atomic mass is 9.98. The number of rotatable bonds is 3. The lowest BCUT2D eigenvalue weighted by Gasteiger charge is -2.31. The molecule has 90 valence electrons. The molecule has 2 rings (SSSR count). The van der Waals surface area contributed by atoms with E-state index in [1.807, 2.05) is 17.9 Å². The van der Waals surface area contributed by atoms with Crippen LogP contribution in [0, 0.1) is 12.8 Å². The topological polar surface area (TPSA) is 47.1 Å². The van der Waals surface area contributed by atoms with E-state index in [2.05, 4.69) is 16.9 Å². The van der Waals surface area contributed by atoms with Crippen molar-refractivity contribution in [3.05, 3.63) is 17.5 Å². The van der Waals surface area contributed by atoms with Crippen LogP contribution in [0.15, 0.2) is 6.20 Å². The number of piperidine rings is 1. The van der Waals surface area contributed by atoms with Gasteiger partial charge in [0.05, 0.1) is 6.20 Å². The highest BCUT2D eigenvalue weighted by atomic mass is 15.3. The quantitative estimate of drug-likeness (QED) is 0.826. The zero-order chi connectivity index (χ0) is 11.5. The van der Waals surface area contributed by atoms with E-state index in [4.69, 9.17) is 5.73 Å². The van der Waals surface area contributed by atoms with Gasteiger partial charge in [0.25, 0.3) is 0 Å². The number of aryl methyl sites for hydroxylation is 1. The SMILES string of the molecule is Cc1c(CN2CCC[C@H](CN)C2)cnn1C. The Labute approximate surface area is 97.4 Å². The molecule has 2 N–H and O–H groups in total. The van der Waals surface area contributed by atoms with Crippen LogP contribution < -0.4 is 5.73 Å². The normalized spacial score (nSPS) is 22.6. The fraction of sp³-hybridized carbons (Fsp3) is 0.750. The van der Waals surface area contributed by atoms with Crippen LogP contribution in [0.2, 0.25) is 0 Å². The molecule has 0 spiro atoms. The van der Waals surface area contributed by atoms with Gasteiger partial charge < -0.3 is 5.73 Å². The van der Waals surface area contributed by atoms with Gasteiger partial charge in [-0.1, -0.05) is 0 Å². The molecule has 1 saturated heterocycles. The Balaban J connectivity index is 1.96. The van der Waals surface area contributed by atoms with Crippen LogP contribution >= 0.6 is 0 Å². The van der Waals surface area contributed by atoms with Crippen LogP contribution in [-0.4, -0.2) is 34.3 Å². The zero-order valence-corrected chi connectivity index (χ0v) is 10.3. The van der Waals surface area contributed by atoms with E-state index < -0.39 is 0 Å². The highest BCUT2D eigenvalue weighted by Gasteiger charge is 2.19. The first kappa shape index (κ1) is 11.6. The highest BCUT2D eigenvalue weighted by molar-refractivity contribution is 5.15. The Morgan fingerprint density at radius 1 is 1.56 bits per heavy atom. The predicted molar refractivity (Wildman–Crippen MR) is 65.0 cm³/mol. The molecule has 0 unspecified atom stereocenters. The van der Waals surface area contributed by atoms with Crippen molar-refractivity contribution < 1.29 is 0 Å². The summed E-state index contributed by atoms with van der Waals surface area (Å²) >= 11 is 0. The van der Waals surface area contributed by atoms with Gasteiger partial charge in [-0.25, -0.2) is 0 Å². The third-order valence-electron chi connectivity index (χ3n) is 3.67. The molecular formula is C12H22N4. The Bertz CT molecular complexity index is 345. The van der Waals surface area contributed by atoms with Gasteiger partial charge in [0.15, 0.2) is 0 Å². The van der Waals surface area contributed by atoms with Crippen molar-refractivity contribution in [1.82, 2.24) is 14.7 Å². The van der Waals surface area contributed by atoms with Gasteiger partial charge in [-0.05, 0) is 38.8 Å². The van der Waals surface area contributed by atoms with Crippen molar-refractivity contribution in [3.63, 3.8) is 0 Å². The number of likely N-dealkylation sites (tertiary alicyclic amines) is 1. The van der Waals surface area contributed by atoms with E-state index in [0.29, 0.717) is 5.92 Å². The Morgan fingerprint density at radius 2 is 2.38 bits per heavy atom. The summed E-state index contributed by atoms with van der Waals surface area (Å²) in [4.78, 5) is 2.50. The molecule has 1 fully saturated rings. The summed E-state index contributed by atoms with van der Waals surface area (Å²) in [5, 5.41) is 4.29. The van der Waals surface area contributed by atoms with Crippen molar-refractivity contribution in [3.8, 4) is 0 Å². The summed E-state index contributed by atoms with van der Waals surface area (Å²) in [6, 6.07) is 0. The number of aromatic nitrogens is 2. The lowest BCUT2D eigenvalue weighted by molar-refractivity contribution is 0.170. The first-order valence-corrected chi connectivity index (χ1v) is 6.10. The number of hydrogen-bond donors (Lipinski definition) is 1. The third kappa shape index (κ3) is 2.44. The lowest BCUT2D eigenvalue weighted by Crippen LogP contribution is -2.37. The minimum Gasteiger partial charge on any atom is -0.330 e. The molecule has 0 aliphatic carbocycles. The summed E-state index contributed by atoms with van der Waals surface area (Å²) in [5.74, 6) is 0.686. The average molecular weight is 222 g/mol. The molecule has 0 radical (unpaired) electrons. The fourth-order valence-electron chi connectivity index (χ4n) is 2.43. The number of hydrogen-bond acceptors (Lipinski definition) is 3. The second-order valence-corrected chi connectivity index (χ2v) is 4.86. The molecular weight excluding hydrogens is 200 g/mol. The summed E-state index contributed by atoms with van der Waals surface area (Å²) in [7, 11) is 2.00. The minimum atomic E-state index is 0.686. The van der Waals surface area contributed by atoms with E-state index in [9.17, 15) is 0 Å². The van der Waals surface area contributed by atoms with Crippen LogP contribution in [0.5, 0.6) is 0 Å². The molecule has 0 amide bonds. The van der Waals surface area contributed by atoms with Crippen LogP contribution in [0.1, 0.15) is 24.1 Å². The molecule has 1 atom stereocenters. The monoisotopic (exact) mass is 222 g/mol. The van der Waals surface area contributed by atoms with Crippen LogP contribution in [0.25, 0.3) is 0 Å². The summed E-state index contributed by atoms with van der Waals surface area (Å²) in [6.07, 6.45) is 4.56. The van der Waals surface area contributed by atoms with Gasteiger partial charge >= 0.3 is 0 Å². The molecule has 1 aliphatic heterocycles. The van der Waals surface area contributed by atoms with Gasteiger partial charge in [0.2, 0.25) is 0 Å². The predicted octanol–water partition coefficient (Wildman–Crippen LogP) is 0.899. The van der Waals surface area contributed by atoms with E-state index >= 15 is 0 Å². The molecule has 1 aromatic heterocycles. The van der Waals surface area contributed by atoms with Gasteiger partial charge in [0.1, 0.15) is 0 Å². The molecule has 1 aliphatic rings. The largest absolute Gasteiger partial charge is 0.330 e. The molecule has 2 heterocycles. The molecule has 16 heavy (non-hydrogen) atoms. The first-order chi connectivity index (χ1) is 7.70. The summed E-state index contributed by atoms with van der Waals surface area (Å²) < 4.78 is 1.94. The number of nitrogens with zero attached hydrogens (tertiary/aromatic N) is 3. The standard InChI is InChI=1S/C12H22N4/c1-10-12(7-14-15(10)2)9-16-5-3-4-11(6-13)8-16/h7,11H,3-6,8-9,13H2,1-2H3/t11-/m1/s1. The second-order valence-electron chi connectivity index (χ2n) is 4.86. The van der Waals surface area contributed by atoms with Gasteiger partial charge in [0, 0.05) is 31.4 Å². The maximum absolute atomic E-state index is 5.75. The maximum Gasteiger partial charge on any atom is 0.0537 e. The summed E-state index contributed by atoms with van der Waals surface area (Å²) in [5.41, 5.74) is 8.37. The van der Waals surface area contributed by atoms with E-state index in [1.54, 1.807) is 0 Å². The molecule has 4 nitrogen and oxygen atoms in total. The Hall–Kier alpha value is -0.870. The van der Waals surface area contributed by atoms with Crippen LogP contribution in [0.3, 0.4) is 0 Å². The third-order valence-corrected chi connectivity index (χ3v) is 3.67. The van der Waals surface area contributed by atoms with Crippen LogP contribution in [0.4, 0.5) is 0 Å². The summed E-state index contributed by atoms with van der Waals surface area (Å²) in [6.45, 7) is 6.32. The molecule has 4 heteroatoms. The average Bonchev–Trinajstić information content (AvgIpc) is 2.61. The zero-order valence-electron chi connectivity index (χ0n) is 10.3. The van der Waals surface area contributed by atoms with Gasteiger partial charge in [-0.15, -0.1) is 0 Å². The van der Waals surface area contributed by atoms with Crippen molar-refractivity contribution in [1.29, 1.82) is 0 Å². The molecule has 1 aromatic rings. The minimum absolute atomic E-state index is 0.686. The Morgan fingerprint density at radius 3 is 3.00 bits per heavy atom. The van der Waals surface area contributed by atoms with Crippen molar-refractivity contribution in [2.45, 2.75) is 26.3 Å². The Kier molecular flexibility index (Phi) is 3.61. The van der Waals surface area contributed by atoms with E-state index in [-0.39, 0.29) is 0 Å². The molecule has 0 aromatic carbocycles. The smallest absolute Gasteiger partial charge is 0.0537 e. The van der Waals surface area contributed by atoms with Crippen molar-refractivity contribution in [2.75, 3.05) is 19.6 Å². The highest BCUT2D eigenvalue weighted by Crippen LogP contribution is 2.18. The van der Waals surface area contributed by atoms with Gasteiger partial charge in [-0.2, -0.15) is 5.10 Å². The fourth-order valence-corrected chi connectivity index (χ4v) is 2.43. The molecule has 0 saturated carbocycles. The van der Waals surface area contributed by atoms with Gasteiger partial charge in [-0.3, -0.25) is 9.58 Å². The van der Waals surface area contributed by atoms with E-state index in [1.165, 1.54) is 30.6 Å². The second kappa shape index (κ2) is 4.97. The van der Waals surface area contributed by atoms with Crippen molar-refractivity contribution >= 4 is 0 Å². The van der Waals surface area contributed by atoms with Crippen LogP contribution in [-0.2, 0) is 13.6 Å². The number of nitrogens with two attached hydrogens (primary N) is 1.